The molecule has 1 aliphatic rings. The van der Waals surface area contributed by atoms with E-state index in [4.69, 9.17) is 9.47 Å². The van der Waals surface area contributed by atoms with Crippen molar-refractivity contribution in [2.75, 3.05) is 4.90 Å². The van der Waals surface area contributed by atoms with Crippen LogP contribution in [-0.4, -0.2) is 21.8 Å². The first-order chi connectivity index (χ1) is 21.0. The van der Waals surface area contributed by atoms with Gasteiger partial charge in [0.25, 0.3) is 5.78 Å². The van der Waals surface area contributed by atoms with E-state index in [0.717, 1.165) is 16.7 Å². The maximum Gasteiger partial charge on any atom is 0.301 e. The number of carbonyl (C=O) groups excluding carboxylic acids is 2. The van der Waals surface area contributed by atoms with E-state index in [0.29, 0.717) is 41.0 Å². The summed E-state index contributed by atoms with van der Waals surface area (Å²) in [6.07, 6.45) is 1.58. The lowest BCUT2D eigenvalue weighted by Crippen LogP contribution is -2.29. The zero-order valence-corrected chi connectivity index (χ0v) is 24.2. The number of benzene rings is 4. The van der Waals surface area contributed by atoms with E-state index in [2.05, 4.69) is 11.1 Å². The number of aliphatic hydroxyl groups is 1. The predicted octanol–water partition coefficient (Wildman–Crippen LogP) is 7.24. The Balaban J connectivity index is 1.28. The lowest BCUT2D eigenvalue weighted by molar-refractivity contribution is -0.132. The molecule has 6 rings (SSSR count). The first-order valence-electron chi connectivity index (χ1n) is 13.7. The summed E-state index contributed by atoms with van der Waals surface area (Å²) in [6.45, 7) is 2.83. The molecule has 1 fully saturated rings. The minimum atomic E-state index is -0.869. The summed E-state index contributed by atoms with van der Waals surface area (Å²) in [5.74, 6) is -0.535. The molecule has 1 amide bonds. The molecular weight excluding hydrogens is 560 g/mol. The SMILES string of the molecule is Cc1cccc(COc2ccc(C(O)=C3C(=O)C(=O)N(c4nccs4)C3c3ccc(OCc4ccccc4)cc3)cc2)c1. The minimum Gasteiger partial charge on any atom is -0.507 e. The summed E-state index contributed by atoms with van der Waals surface area (Å²) < 4.78 is 11.8. The number of amides is 1. The summed E-state index contributed by atoms with van der Waals surface area (Å²) >= 11 is 1.25. The first kappa shape index (κ1) is 27.9. The molecule has 1 aliphatic heterocycles. The number of hydrogen-bond acceptors (Lipinski definition) is 7. The van der Waals surface area contributed by atoms with E-state index in [1.54, 1.807) is 60.1 Å². The topological polar surface area (TPSA) is 89.0 Å². The smallest absolute Gasteiger partial charge is 0.301 e. The second-order valence-corrected chi connectivity index (χ2v) is 11.0. The third-order valence-corrected chi connectivity index (χ3v) is 7.90. The predicted molar refractivity (Wildman–Crippen MR) is 166 cm³/mol. The molecule has 0 bridgehead atoms. The van der Waals surface area contributed by atoms with Crippen molar-refractivity contribution in [1.82, 2.24) is 4.98 Å². The Morgan fingerprint density at radius 1 is 0.837 bits per heavy atom. The number of thiazole rings is 1. The number of anilines is 1. The molecule has 1 aromatic heterocycles. The summed E-state index contributed by atoms with van der Waals surface area (Å²) in [4.78, 5) is 32.4. The van der Waals surface area contributed by atoms with Crippen molar-refractivity contribution < 1.29 is 24.2 Å². The number of aromatic nitrogens is 1. The number of ketones is 1. The fraction of sp³-hybridized carbons (Fsp3) is 0.114. The van der Waals surface area contributed by atoms with E-state index in [-0.39, 0.29) is 11.3 Å². The minimum absolute atomic E-state index is 0.00779. The van der Waals surface area contributed by atoms with Gasteiger partial charge >= 0.3 is 5.91 Å². The van der Waals surface area contributed by atoms with E-state index in [9.17, 15) is 14.7 Å². The van der Waals surface area contributed by atoms with Crippen LogP contribution in [0.4, 0.5) is 5.13 Å². The fourth-order valence-corrected chi connectivity index (χ4v) is 5.67. The molecule has 1 atom stereocenters. The van der Waals surface area contributed by atoms with Crippen LogP contribution in [0.15, 0.2) is 120 Å². The van der Waals surface area contributed by atoms with Crippen molar-refractivity contribution in [2.24, 2.45) is 0 Å². The molecule has 4 aromatic carbocycles. The molecule has 0 aliphatic carbocycles. The highest BCUT2D eigenvalue weighted by molar-refractivity contribution is 7.14. The molecule has 1 N–H and O–H groups in total. The maximum absolute atomic E-state index is 13.4. The lowest BCUT2D eigenvalue weighted by Gasteiger charge is -2.23. The Bertz CT molecular complexity index is 1770. The van der Waals surface area contributed by atoms with Gasteiger partial charge in [-0.15, -0.1) is 11.3 Å². The van der Waals surface area contributed by atoms with Crippen molar-refractivity contribution in [3.8, 4) is 11.5 Å². The lowest BCUT2D eigenvalue weighted by atomic mass is 9.95. The number of rotatable bonds is 9. The van der Waals surface area contributed by atoms with Crippen LogP contribution in [0.3, 0.4) is 0 Å². The Kier molecular flexibility index (Phi) is 8.02. The molecule has 2 heterocycles. The standard InChI is InChI=1S/C35H28N2O5S/c1-23-6-5-9-25(20-23)22-42-29-16-12-27(13-17-29)32(38)30-31(37(34(40)33(30)39)35-36-18-19-43-35)26-10-14-28(15-11-26)41-21-24-7-3-2-4-8-24/h2-20,31,38H,21-22H2,1H3. The van der Waals surface area contributed by atoms with Gasteiger partial charge in [-0.1, -0.05) is 72.3 Å². The normalized spacial score (nSPS) is 15.9. The number of carbonyl (C=O) groups is 2. The van der Waals surface area contributed by atoms with E-state index < -0.39 is 17.7 Å². The molecule has 214 valence electrons. The average molecular weight is 589 g/mol. The van der Waals surface area contributed by atoms with Gasteiger partial charge in [-0.05, 0) is 60.0 Å². The fourth-order valence-electron chi connectivity index (χ4n) is 5.00. The van der Waals surface area contributed by atoms with E-state index >= 15 is 0 Å². The van der Waals surface area contributed by atoms with Crippen LogP contribution in [0.5, 0.6) is 11.5 Å². The summed E-state index contributed by atoms with van der Waals surface area (Å²) in [5.41, 5.74) is 4.26. The second kappa shape index (κ2) is 12.3. The molecule has 5 aromatic rings. The van der Waals surface area contributed by atoms with Gasteiger partial charge in [-0.2, -0.15) is 0 Å². The third-order valence-electron chi connectivity index (χ3n) is 7.13. The molecular formula is C35H28N2O5S. The van der Waals surface area contributed by atoms with Crippen molar-refractivity contribution in [3.63, 3.8) is 0 Å². The molecule has 1 saturated heterocycles. The summed E-state index contributed by atoms with van der Waals surface area (Å²) in [5, 5.41) is 13.6. The van der Waals surface area contributed by atoms with Crippen molar-refractivity contribution in [2.45, 2.75) is 26.2 Å². The van der Waals surface area contributed by atoms with Gasteiger partial charge in [0.2, 0.25) is 0 Å². The van der Waals surface area contributed by atoms with Crippen LogP contribution in [0.2, 0.25) is 0 Å². The van der Waals surface area contributed by atoms with Crippen LogP contribution in [-0.2, 0) is 22.8 Å². The number of Topliss-reactive ketones (excluding diaryl/α,β-unsaturated/α-hetero) is 1. The van der Waals surface area contributed by atoms with E-state index in [1.165, 1.54) is 16.2 Å². The quantitative estimate of drug-likeness (QED) is 0.111. The highest BCUT2D eigenvalue weighted by Crippen LogP contribution is 2.43. The molecule has 0 spiro atoms. The van der Waals surface area contributed by atoms with Gasteiger partial charge < -0.3 is 14.6 Å². The largest absolute Gasteiger partial charge is 0.507 e. The van der Waals surface area contributed by atoms with Gasteiger partial charge in [0.15, 0.2) is 5.13 Å². The number of ether oxygens (including phenoxy) is 2. The second-order valence-electron chi connectivity index (χ2n) is 10.1. The van der Waals surface area contributed by atoms with Gasteiger partial charge in [0, 0.05) is 17.1 Å². The zero-order valence-electron chi connectivity index (χ0n) is 23.3. The van der Waals surface area contributed by atoms with Gasteiger partial charge in [-0.25, -0.2) is 4.98 Å². The molecule has 8 heteroatoms. The maximum atomic E-state index is 13.4. The van der Waals surface area contributed by atoms with Crippen LogP contribution in [0.25, 0.3) is 5.76 Å². The number of aliphatic hydroxyl groups excluding tert-OH is 1. The zero-order chi connectivity index (χ0) is 29.8. The first-order valence-corrected chi connectivity index (χ1v) is 14.6. The van der Waals surface area contributed by atoms with Crippen LogP contribution < -0.4 is 14.4 Å². The summed E-state index contributed by atoms with van der Waals surface area (Å²) in [6, 6.07) is 31.0. The molecule has 7 nitrogen and oxygen atoms in total. The Hall–Kier alpha value is -5.21. The van der Waals surface area contributed by atoms with E-state index in [1.807, 2.05) is 55.5 Å². The monoisotopic (exact) mass is 588 g/mol. The van der Waals surface area contributed by atoms with Gasteiger partial charge in [0.1, 0.15) is 30.5 Å². The Morgan fingerprint density at radius 2 is 1.49 bits per heavy atom. The van der Waals surface area contributed by atoms with Gasteiger partial charge in [-0.3, -0.25) is 14.5 Å². The number of hydrogen-bond donors (Lipinski definition) is 1. The highest BCUT2D eigenvalue weighted by Gasteiger charge is 2.48. The van der Waals surface area contributed by atoms with Crippen LogP contribution in [0, 0.1) is 6.92 Å². The Labute approximate surface area is 253 Å². The highest BCUT2D eigenvalue weighted by atomic mass is 32.1. The molecule has 1 unspecified atom stereocenters. The van der Waals surface area contributed by atoms with Crippen LogP contribution in [0.1, 0.15) is 33.9 Å². The van der Waals surface area contributed by atoms with Crippen molar-refractivity contribution >= 4 is 33.9 Å². The average Bonchev–Trinajstić information content (AvgIpc) is 3.66. The summed E-state index contributed by atoms with van der Waals surface area (Å²) in [7, 11) is 0. The van der Waals surface area contributed by atoms with Gasteiger partial charge in [0.05, 0.1) is 11.6 Å². The van der Waals surface area contributed by atoms with Crippen LogP contribution >= 0.6 is 11.3 Å². The molecule has 0 saturated carbocycles. The van der Waals surface area contributed by atoms with Crippen molar-refractivity contribution in [1.29, 1.82) is 0 Å². The molecule has 0 radical (unpaired) electrons. The van der Waals surface area contributed by atoms with Crippen molar-refractivity contribution in [3.05, 3.63) is 148 Å². The molecule has 43 heavy (non-hydrogen) atoms. The number of aryl methyl sites for hydroxylation is 1. The Morgan fingerprint density at radius 3 is 2.14 bits per heavy atom. The third kappa shape index (κ3) is 6.05. The number of nitrogens with zero attached hydrogens (tertiary/aromatic N) is 2.